The zero-order chi connectivity index (χ0) is 23.3. The van der Waals surface area contributed by atoms with Crippen LogP contribution in [0.1, 0.15) is 17.5 Å². The van der Waals surface area contributed by atoms with E-state index in [4.69, 9.17) is 11.6 Å². The van der Waals surface area contributed by atoms with Crippen LogP contribution in [0.2, 0.25) is 5.02 Å². The smallest absolute Gasteiger partial charge is 0.313 e. The third-order valence-electron chi connectivity index (χ3n) is 4.79. The first-order chi connectivity index (χ1) is 15.2. The zero-order valence-corrected chi connectivity index (χ0v) is 19.5. The topological polar surface area (TPSA) is 91.4 Å². The molecule has 2 aromatic carbocycles. The van der Waals surface area contributed by atoms with E-state index in [0.29, 0.717) is 29.4 Å². The van der Waals surface area contributed by atoms with Crippen molar-refractivity contribution in [2.75, 3.05) is 23.8 Å². The van der Waals surface area contributed by atoms with Gasteiger partial charge in [-0.3, -0.25) is 14.4 Å². The van der Waals surface area contributed by atoms with Gasteiger partial charge in [-0.2, -0.15) is 0 Å². The molecule has 0 unspecified atom stereocenters. The number of halogens is 1. The standard InChI is InChI=1S/C23H23ClN4O3S/c1-14-20(32-23(26-14)16-7-9-17(24)10-8-16)11-12-25-21(30)22(31)27-18-5-4-6-19(13-18)28(3)15(2)29/h4-10,13H,11-12H2,1-3H3,(H,25,30)(H,27,31). The molecule has 0 aliphatic heterocycles. The Kier molecular flexibility index (Phi) is 7.61. The van der Waals surface area contributed by atoms with E-state index >= 15 is 0 Å². The Balaban J connectivity index is 1.54. The number of anilines is 2. The van der Waals surface area contributed by atoms with Crippen molar-refractivity contribution in [3.63, 3.8) is 0 Å². The third-order valence-corrected chi connectivity index (χ3v) is 6.31. The Bertz CT molecular complexity index is 1140. The summed E-state index contributed by atoms with van der Waals surface area (Å²) in [7, 11) is 1.63. The summed E-state index contributed by atoms with van der Waals surface area (Å²) >= 11 is 7.49. The maximum absolute atomic E-state index is 12.2. The first-order valence-electron chi connectivity index (χ1n) is 9.90. The molecule has 0 saturated carbocycles. The summed E-state index contributed by atoms with van der Waals surface area (Å²) in [5, 5.41) is 6.74. The summed E-state index contributed by atoms with van der Waals surface area (Å²) in [4.78, 5) is 43.0. The fourth-order valence-corrected chi connectivity index (χ4v) is 4.10. The second kappa shape index (κ2) is 10.4. The summed E-state index contributed by atoms with van der Waals surface area (Å²) in [6, 6.07) is 14.2. The van der Waals surface area contributed by atoms with Gasteiger partial charge in [0.05, 0.1) is 5.69 Å². The number of nitrogens with one attached hydrogen (secondary N) is 2. The summed E-state index contributed by atoms with van der Waals surface area (Å²) in [5.41, 5.74) is 2.93. The van der Waals surface area contributed by atoms with E-state index < -0.39 is 11.8 Å². The Labute approximate surface area is 195 Å². The SMILES string of the molecule is CC(=O)N(C)c1cccc(NC(=O)C(=O)NCCc2sc(-c3ccc(Cl)cc3)nc2C)c1. The fraction of sp³-hybridized carbons (Fsp3) is 0.217. The lowest BCUT2D eigenvalue weighted by Gasteiger charge is -2.16. The molecule has 2 N–H and O–H groups in total. The summed E-state index contributed by atoms with van der Waals surface area (Å²) in [6.45, 7) is 3.68. The molecule has 3 rings (SSSR count). The van der Waals surface area contributed by atoms with Crippen LogP contribution >= 0.6 is 22.9 Å². The molecule has 0 fully saturated rings. The van der Waals surface area contributed by atoms with Crippen LogP contribution in [0.15, 0.2) is 48.5 Å². The van der Waals surface area contributed by atoms with Gasteiger partial charge in [0.15, 0.2) is 0 Å². The van der Waals surface area contributed by atoms with Gasteiger partial charge >= 0.3 is 11.8 Å². The van der Waals surface area contributed by atoms with Crippen molar-refractivity contribution in [3.8, 4) is 10.6 Å². The molecule has 7 nitrogen and oxygen atoms in total. The van der Waals surface area contributed by atoms with Crippen LogP contribution in [-0.2, 0) is 20.8 Å². The molecule has 3 amide bonds. The highest BCUT2D eigenvalue weighted by atomic mass is 35.5. The fourth-order valence-electron chi connectivity index (χ4n) is 2.91. The number of rotatable bonds is 6. The Hall–Kier alpha value is -3.23. The van der Waals surface area contributed by atoms with E-state index in [1.807, 2.05) is 31.2 Å². The van der Waals surface area contributed by atoms with Crippen molar-refractivity contribution in [2.24, 2.45) is 0 Å². The molecule has 0 atom stereocenters. The number of hydrogen-bond donors (Lipinski definition) is 2. The summed E-state index contributed by atoms with van der Waals surface area (Å²) in [6.07, 6.45) is 0.564. The molecule has 0 spiro atoms. The quantitative estimate of drug-likeness (QED) is 0.531. The number of nitrogens with zero attached hydrogens (tertiary/aromatic N) is 2. The zero-order valence-electron chi connectivity index (χ0n) is 17.9. The highest BCUT2D eigenvalue weighted by Gasteiger charge is 2.15. The van der Waals surface area contributed by atoms with Crippen molar-refractivity contribution in [3.05, 3.63) is 64.1 Å². The third kappa shape index (κ3) is 5.93. The predicted octanol–water partition coefficient (Wildman–Crippen LogP) is 4.05. The number of thiazole rings is 1. The maximum atomic E-state index is 12.2. The molecular weight excluding hydrogens is 448 g/mol. The maximum Gasteiger partial charge on any atom is 0.313 e. The number of carbonyl (C=O) groups is 3. The lowest BCUT2D eigenvalue weighted by molar-refractivity contribution is -0.136. The van der Waals surface area contributed by atoms with E-state index in [2.05, 4.69) is 15.6 Å². The second-order valence-corrected chi connectivity index (χ2v) is 8.64. The van der Waals surface area contributed by atoms with Crippen LogP contribution in [0.3, 0.4) is 0 Å². The first kappa shape index (κ1) is 23.4. The van der Waals surface area contributed by atoms with Crippen LogP contribution in [0, 0.1) is 6.92 Å². The summed E-state index contributed by atoms with van der Waals surface area (Å²) in [5.74, 6) is -1.63. The molecule has 32 heavy (non-hydrogen) atoms. The van der Waals surface area contributed by atoms with Crippen LogP contribution in [0.5, 0.6) is 0 Å². The lowest BCUT2D eigenvalue weighted by atomic mass is 10.2. The minimum atomic E-state index is -0.768. The Morgan fingerprint density at radius 2 is 1.81 bits per heavy atom. The monoisotopic (exact) mass is 470 g/mol. The van der Waals surface area contributed by atoms with Gasteiger partial charge in [0, 0.05) is 53.8 Å². The van der Waals surface area contributed by atoms with Gasteiger partial charge in [0.25, 0.3) is 0 Å². The van der Waals surface area contributed by atoms with Crippen molar-refractivity contribution < 1.29 is 14.4 Å². The van der Waals surface area contributed by atoms with Crippen molar-refractivity contribution in [1.29, 1.82) is 0 Å². The van der Waals surface area contributed by atoms with Gasteiger partial charge in [-0.1, -0.05) is 29.8 Å². The first-order valence-corrected chi connectivity index (χ1v) is 11.1. The lowest BCUT2D eigenvalue weighted by Crippen LogP contribution is -2.36. The predicted molar refractivity (Wildman–Crippen MR) is 128 cm³/mol. The van der Waals surface area contributed by atoms with Crippen molar-refractivity contribution in [1.82, 2.24) is 10.3 Å². The van der Waals surface area contributed by atoms with Gasteiger partial charge in [-0.25, -0.2) is 4.98 Å². The molecule has 0 saturated heterocycles. The Morgan fingerprint density at radius 3 is 2.50 bits per heavy atom. The molecule has 0 bridgehead atoms. The molecule has 1 aromatic heterocycles. The molecule has 1 heterocycles. The van der Waals surface area contributed by atoms with Crippen LogP contribution in [-0.4, -0.2) is 36.3 Å². The molecule has 3 aromatic rings. The van der Waals surface area contributed by atoms with E-state index in [1.54, 1.807) is 42.6 Å². The van der Waals surface area contributed by atoms with Crippen LogP contribution in [0.4, 0.5) is 11.4 Å². The molecule has 166 valence electrons. The average Bonchev–Trinajstić information content (AvgIpc) is 3.14. The van der Waals surface area contributed by atoms with E-state index in [-0.39, 0.29) is 5.91 Å². The number of aromatic nitrogens is 1. The van der Waals surface area contributed by atoms with Gasteiger partial charge in [0.1, 0.15) is 5.01 Å². The number of benzene rings is 2. The number of amides is 3. The summed E-state index contributed by atoms with van der Waals surface area (Å²) < 4.78 is 0. The van der Waals surface area contributed by atoms with Crippen molar-refractivity contribution >= 4 is 52.0 Å². The van der Waals surface area contributed by atoms with Gasteiger partial charge in [0.2, 0.25) is 5.91 Å². The number of carbonyl (C=O) groups excluding carboxylic acids is 3. The largest absolute Gasteiger partial charge is 0.347 e. The molecule has 9 heteroatoms. The van der Waals surface area contributed by atoms with Crippen molar-refractivity contribution in [2.45, 2.75) is 20.3 Å². The van der Waals surface area contributed by atoms with Crippen LogP contribution in [0.25, 0.3) is 10.6 Å². The van der Waals surface area contributed by atoms with Gasteiger partial charge in [-0.15, -0.1) is 11.3 Å². The van der Waals surface area contributed by atoms with E-state index in [0.717, 1.165) is 21.1 Å². The molecule has 0 aliphatic rings. The van der Waals surface area contributed by atoms with E-state index in [9.17, 15) is 14.4 Å². The normalized spacial score (nSPS) is 10.5. The molecule has 0 radical (unpaired) electrons. The highest BCUT2D eigenvalue weighted by molar-refractivity contribution is 7.15. The average molecular weight is 471 g/mol. The number of aryl methyl sites for hydroxylation is 1. The molecule has 0 aliphatic carbocycles. The second-order valence-electron chi connectivity index (χ2n) is 7.12. The number of hydrogen-bond acceptors (Lipinski definition) is 5. The van der Waals surface area contributed by atoms with Crippen LogP contribution < -0.4 is 15.5 Å². The molecular formula is C23H23ClN4O3S. The minimum absolute atomic E-state index is 0.135. The van der Waals surface area contributed by atoms with E-state index in [1.165, 1.54) is 11.8 Å². The Morgan fingerprint density at radius 1 is 1.09 bits per heavy atom. The van der Waals surface area contributed by atoms with Gasteiger partial charge in [-0.05, 0) is 37.3 Å². The van der Waals surface area contributed by atoms with Gasteiger partial charge < -0.3 is 15.5 Å². The minimum Gasteiger partial charge on any atom is -0.347 e. The highest BCUT2D eigenvalue weighted by Crippen LogP contribution is 2.29.